The van der Waals surface area contributed by atoms with Crippen molar-refractivity contribution >= 4 is 50.1 Å². The lowest BCUT2D eigenvalue weighted by Crippen LogP contribution is -2.53. The van der Waals surface area contributed by atoms with Crippen molar-refractivity contribution < 1.29 is 27.5 Å². The number of fused-ring (bicyclic) bond motifs is 1. The second kappa shape index (κ2) is 10.9. The Hall–Kier alpha value is -2.73. The van der Waals surface area contributed by atoms with E-state index >= 15 is 0 Å². The van der Waals surface area contributed by atoms with Crippen LogP contribution in [0.25, 0.3) is 10.8 Å². The lowest BCUT2D eigenvalue weighted by Gasteiger charge is -2.32. The third-order valence-corrected chi connectivity index (χ3v) is 8.31. The van der Waals surface area contributed by atoms with Gasteiger partial charge in [0, 0.05) is 25.7 Å². The Balaban J connectivity index is 1.97. The fourth-order valence-electron chi connectivity index (χ4n) is 4.37. The number of halogens is 1. The van der Waals surface area contributed by atoms with Crippen molar-refractivity contribution in [1.82, 2.24) is 14.5 Å². The van der Waals surface area contributed by atoms with Crippen molar-refractivity contribution in [3.05, 3.63) is 41.4 Å². The number of benzene rings is 2. The molecular weight excluding hydrogens is 496 g/mol. The first-order valence-corrected chi connectivity index (χ1v) is 12.8. The predicted molar refractivity (Wildman–Crippen MR) is 131 cm³/mol. The summed E-state index contributed by atoms with van der Waals surface area (Å²) in [6.07, 6.45) is 0.134. The number of hydrogen-bond acceptors (Lipinski definition) is 6. The van der Waals surface area contributed by atoms with Gasteiger partial charge in [-0.2, -0.15) is 4.31 Å². The zero-order chi connectivity index (χ0) is 25.9. The molecule has 0 spiro atoms. The molecule has 12 heteroatoms. The smallest absolute Gasteiger partial charge is 0.244 e. The largest absolute Gasteiger partial charge is 0.383 e. The van der Waals surface area contributed by atoms with E-state index in [9.17, 15) is 22.8 Å². The zero-order valence-electron chi connectivity index (χ0n) is 19.7. The van der Waals surface area contributed by atoms with E-state index in [1.54, 1.807) is 31.2 Å². The van der Waals surface area contributed by atoms with Crippen LogP contribution in [-0.2, 0) is 29.1 Å². The lowest BCUT2D eigenvalue weighted by atomic mass is 10.0. The molecule has 3 rings (SSSR count). The van der Waals surface area contributed by atoms with Gasteiger partial charge in [-0.05, 0) is 41.5 Å². The Kier molecular flexibility index (Phi) is 8.37. The van der Waals surface area contributed by atoms with E-state index in [1.807, 2.05) is 0 Å². The Morgan fingerprint density at radius 1 is 1.26 bits per heavy atom. The average molecular weight is 525 g/mol. The number of ether oxygens (including phenoxy) is 1. The van der Waals surface area contributed by atoms with Gasteiger partial charge < -0.3 is 20.7 Å². The van der Waals surface area contributed by atoms with E-state index in [0.29, 0.717) is 10.4 Å². The second-order valence-corrected chi connectivity index (χ2v) is 10.8. The van der Waals surface area contributed by atoms with Crippen LogP contribution in [0.1, 0.15) is 13.3 Å². The summed E-state index contributed by atoms with van der Waals surface area (Å²) in [7, 11) is -1.32. The number of methoxy groups -OCH3 is 1. The SMILES string of the molecule is CNC(=O)[C@@H](C)C(COC)N1CC[C@H](N(CC(N)=O)S(=O)(=O)c2ccc3cc(Cl)ccc3c2)C1=O. The van der Waals surface area contributed by atoms with Crippen LogP contribution in [0.2, 0.25) is 5.02 Å². The molecule has 190 valence electrons. The van der Waals surface area contributed by atoms with Gasteiger partial charge in [0.1, 0.15) is 6.04 Å². The highest BCUT2D eigenvalue weighted by Gasteiger charge is 2.46. The molecule has 0 saturated carbocycles. The maximum Gasteiger partial charge on any atom is 0.244 e. The molecule has 3 atom stereocenters. The number of nitrogens with zero attached hydrogens (tertiary/aromatic N) is 2. The summed E-state index contributed by atoms with van der Waals surface area (Å²) in [5.74, 6) is -2.28. The van der Waals surface area contributed by atoms with Gasteiger partial charge in [0.25, 0.3) is 0 Å². The average Bonchev–Trinajstić information content (AvgIpc) is 3.19. The van der Waals surface area contributed by atoms with Crippen LogP contribution < -0.4 is 11.1 Å². The molecule has 2 aromatic carbocycles. The fourth-order valence-corrected chi connectivity index (χ4v) is 6.16. The molecule has 0 aromatic heterocycles. The van der Waals surface area contributed by atoms with Gasteiger partial charge in [0.15, 0.2) is 0 Å². The van der Waals surface area contributed by atoms with E-state index in [0.717, 1.165) is 9.69 Å². The fraction of sp³-hybridized carbons (Fsp3) is 0.435. The van der Waals surface area contributed by atoms with Crippen molar-refractivity contribution in [1.29, 1.82) is 0 Å². The van der Waals surface area contributed by atoms with E-state index < -0.39 is 46.4 Å². The third-order valence-electron chi connectivity index (χ3n) is 6.23. The standard InChI is InChI=1S/C23H29ClN4O6S/c1-14(22(30)26-2)20(13-34-3)27-9-8-19(23(27)31)28(12-21(25)29)35(32,33)18-7-5-15-10-17(24)6-4-16(15)11-18/h4-7,10-11,14,19-20H,8-9,12-13H2,1-3H3,(H2,25,29)(H,26,30)/t14-,19-,20?/m0/s1. The number of likely N-dealkylation sites (tertiary alicyclic amines) is 1. The predicted octanol–water partition coefficient (Wildman–Crippen LogP) is 0.967. The summed E-state index contributed by atoms with van der Waals surface area (Å²) in [5, 5.41) is 4.44. The molecule has 3 amide bonds. The molecule has 1 heterocycles. The van der Waals surface area contributed by atoms with Crippen LogP contribution in [-0.4, -0.2) is 81.3 Å². The second-order valence-electron chi connectivity index (χ2n) is 8.43. The minimum absolute atomic E-state index is 0.0769. The number of amides is 3. The van der Waals surface area contributed by atoms with Crippen LogP contribution in [0.15, 0.2) is 41.3 Å². The van der Waals surface area contributed by atoms with E-state index in [2.05, 4.69) is 5.32 Å². The summed E-state index contributed by atoms with van der Waals surface area (Å²) in [6, 6.07) is 7.76. The molecule has 10 nitrogen and oxygen atoms in total. The lowest BCUT2D eigenvalue weighted by molar-refractivity contribution is -0.137. The number of carbonyl (C=O) groups is 3. The molecule has 1 aliphatic rings. The molecule has 0 aliphatic carbocycles. The highest BCUT2D eigenvalue weighted by atomic mass is 35.5. The van der Waals surface area contributed by atoms with Gasteiger partial charge in [-0.1, -0.05) is 30.7 Å². The summed E-state index contributed by atoms with van der Waals surface area (Å²) in [5.41, 5.74) is 5.38. The van der Waals surface area contributed by atoms with Gasteiger partial charge in [0.05, 0.1) is 30.0 Å². The van der Waals surface area contributed by atoms with Crippen LogP contribution in [0.5, 0.6) is 0 Å². The topological polar surface area (TPSA) is 139 Å². The third kappa shape index (κ3) is 5.58. The number of rotatable bonds is 10. The molecule has 35 heavy (non-hydrogen) atoms. The summed E-state index contributed by atoms with van der Waals surface area (Å²) in [6.45, 7) is 1.29. The van der Waals surface area contributed by atoms with Crippen LogP contribution in [0, 0.1) is 5.92 Å². The maximum absolute atomic E-state index is 13.6. The van der Waals surface area contributed by atoms with Crippen molar-refractivity contribution in [3.8, 4) is 0 Å². The first-order chi connectivity index (χ1) is 16.5. The number of carbonyl (C=O) groups excluding carboxylic acids is 3. The van der Waals surface area contributed by atoms with Crippen molar-refractivity contribution in [2.24, 2.45) is 11.7 Å². The number of hydrogen-bond donors (Lipinski definition) is 2. The van der Waals surface area contributed by atoms with Crippen LogP contribution >= 0.6 is 11.6 Å². The Bertz CT molecular complexity index is 1240. The van der Waals surface area contributed by atoms with E-state index in [1.165, 1.54) is 31.2 Å². The summed E-state index contributed by atoms with van der Waals surface area (Å²) in [4.78, 5) is 38.9. The number of nitrogens with two attached hydrogens (primary N) is 1. The van der Waals surface area contributed by atoms with Gasteiger partial charge in [-0.3, -0.25) is 14.4 Å². The minimum atomic E-state index is -4.28. The van der Waals surface area contributed by atoms with Crippen molar-refractivity contribution in [2.45, 2.75) is 30.3 Å². The molecule has 1 fully saturated rings. The first kappa shape index (κ1) is 26.9. The van der Waals surface area contributed by atoms with E-state index in [-0.39, 0.29) is 30.4 Å². The van der Waals surface area contributed by atoms with Gasteiger partial charge in [0.2, 0.25) is 27.7 Å². The molecule has 0 bridgehead atoms. The molecule has 1 saturated heterocycles. The molecule has 1 unspecified atom stereocenters. The Morgan fingerprint density at radius 2 is 1.91 bits per heavy atom. The minimum Gasteiger partial charge on any atom is -0.383 e. The first-order valence-electron chi connectivity index (χ1n) is 11.0. The van der Waals surface area contributed by atoms with Gasteiger partial charge in [-0.15, -0.1) is 0 Å². The Morgan fingerprint density at radius 3 is 2.54 bits per heavy atom. The van der Waals surface area contributed by atoms with E-state index in [4.69, 9.17) is 22.1 Å². The maximum atomic E-state index is 13.6. The highest BCUT2D eigenvalue weighted by molar-refractivity contribution is 7.89. The highest BCUT2D eigenvalue weighted by Crippen LogP contribution is 2.30. The van der Waals surface area contributed by atoms with Gasteiger partial charge in [-0.25, -0.2) is 8.42 Å². The number of nitrogens with one attached hydrogen (secondary N) is 1. The molecule has 3 N–H and O–H groups in total. The number of sulfonamides is 1. The Labute approximate surface area is 209 Å². The van der Waals surface area contributed by atoms with Crippen molar-refractivity contribution in [2.75, 3.05) is 33.9 Å². The normalized spacial score (nSPS) is 18.1. The number of primary amides is 1. The van der Waals surface area contributed by atoms with Gasteiger partial charge >= 0.3 is 0 Å². The van der Waals surface area contributed by atoms with Crippen LogP contribution in [0.4, 0.5) is 0 Å². The summed E-state index contributed by atoms with van der Waals surface area (Å²) < 4.78 is 33.4. The molecular formula is C23H29ClN4O6S. The molecule has 0 radical (unpaired) electrons. The zero-order valence-corrected chi connectivity index (χ0v) is 21.3. The molecule has 1 aliphatic heterocycles. The van der Waals surface area contributed by atoms with Crippen molar-refractivity contribution in [3.63, 3.8) is 0 Å². The molecule has 2 aromatic rings. The quantitative estimate of drug-likeness (QED) is 0.474. The monoisotopic (exact) mass is 524 g/mol. The summed E-state index contributed by atoms with van der Waals surface area (Å²) >= 11 is 6.02. The van der Waals surface area contributed by atoms with Crippen LogP contribution in [0.3, 0.4) is 0 Å².